The van der Waals surface area contributed by atoms with E-state index in [1.165, 1.54) is 16.3 Å². The van der Waals surface area contributed by atoms with E-state index < -0.39 is 0 Å². The normalized spacial score (nSPS) is 13.0. The monoisotopic (exact) mass is 774 g/mol. The Hall–Kier alpha value is -5.19. The van der Waals surface area contributed by atoms with Crippen LogP contribution in [0.5, 0.6) is 0 Å². The Morgan fingerprint density at radius 3 is 2.39 bits per heavy atom. The molecule has 0 amide bonds. The second-order valence-corrected chi connectivity index (χ2v) is 11.5. The number of fused-ring (bicyclic) bond motifs is 5. The molecule has 0 spiro atoms. The van der Waals surface area contributed by atoms with Gasteiger partial charge in [-0.05, 0) is 76.5 Å². The Balaban J connectivity index is 0.00000312. The number of hydrogen-bond donors (Lipinski definition) is 0. The van der Waals surface area contributed by atoms with Crippen molar-refractivity contribution in [3.05, 3.63) is 141 Å². The van der Waals surface area contributed by atoms with Gasteiger partial charge in [0.1, 0.15) is 5.65 Å². The summed E-state index contributed by atoms with van der Waals surface area (Å²) in [5.74, 6) is 0.866. The standard InChI is InChI=1S/C39H27N6.Pt/c1-42-19-20-44(25-42)31-9-5-10-32(24-31)45-37-23-30(14-16-33(37)34-11-6-18-40-39(34)45)38-41-35-22-29(15-17-36(35)43(38)2)28-13-12-26-7-3-4-8-27(26)21-28;/h3-22,25H,1-2H3;/q-3;. The van der Waals surface area contributed by atoms with Gasteiger partial charge in [-0.15, -0.1) is 47.6 Å². The second-order valence-electron chi connectivity index (χ2n) is 11.5. The zero-order chi connectivity index (χ0) is 30.1. The molecular weight excluding hydrogens is 748 g/mol. The molecule has 8 aromatic rings. The molecule has 7 heteroatoms. The van der Waals surface area contributed by atoms with E-state index in [1.807, 2.05) is 43.3 Å². The summed E-state index contributed by atoms with van der Waals surface area (Å²) >= 11 is 0. The van der Waals surface area contributed by atoms with E-state index in [1.54, 1.807) is 0 Å². The summed E-state index contributed by atoms with van der Waals surface area (Å²) in [5, 5.41) is 4.63. The Morgan fingerprint density at radius 1 is 0.696 bits per heavy atom. The Kier molecular flexibility index (Phi) is 6.77. The summed E-state index contributed by atoms with van der Waals surface area (Å²) in [5.41, 5.74) is 8.95. The molecule has 4 heterocycles. The number of aryl methyl sites for hydroxylation is 1. The Morgan fingerprint density at radius 2 is 1.52 bits per heavy atom. The summed E-state index contributed by atoms with van der Waals surface area (Å²) in [6.07, 6.45) is 5.89. The second kappa shape index (κ2) is 11.0. The molecular formula is C39H27N6Pt-3. The number of benzene rings is 5. The third-order valence-corrected chi connectivity index (χ3v) is 8.69. The summed E-state index contributed by atoms with van der Waals surface area (Å²) < 4.78 is 4.31. The van der Waals surface area contributed by atoms with Crippen molar-refractivity contribution in [1.82, 2.24) is 24.0 Å². The maximum atomic E-state index is 5.14. The molecule has 0 fully saturated rings. The third kappa shape index (κ3) is 4.52. The van der Waals surface area contributed by atoms with Crippen LogP contribution in [0.15, 0.2) is 122 Å². The molecule has 0 bridgehead atoms. The minimum Gasteiger partial charge on any atom is -0.510 e. The van der Waals surface area contributed by atoms with E-state index in [0.29, 0.717) is 0 Å². The van der Waals surface area contributed by atoms with Gasteiger partial charge in [0.05, 0.1) is 16.9 Å². The molecule has 3 aromatic heterocycles. The van der Waals surface area contributed by atoms with Gasteiger partial charge in [0, 0.05) is 34.3 Å². The molecule has 0 saturated carbocycles. The van der Waals surface area contributed by atoms with Crippen molar-refractivity contribution in [1.29, 1.82) is 0 Å². The zero-order valence-electron chi connectivity index (χ0n) is 25.1. The van der Waals surface area contributed by atoms with Crippen LogP contribution in [0.1, 0.15) is 0 Å². The smallest absolute Gasteiger partial charge is 0.132 e. The van der Waals surface area contributed by atoms with Gasteiger partial charge in [0.2, 0.25) is 0 Å². The van der Waals surface area contributed by atoms with Crippen molar-refractivity contribution >= 4 is 49.4 Å². The first-order valence-corrected chi connectivity index (χ1v) is 14.9. The molecule has 0 N–H and O–H groups in total. The van der Waals surface area contributed by atoms with Crippen molar-refractivity contribution in [2.24, 2.45) is 7.05 Å². The maximum Gasteiger partial charge on any atom is 0.132 e. The van der Waals surface area contributed by atoms with Gasteiger partial charge in [-0.2, -0.15) is 12.7 Å². The fourth-order valence-electron chi connectivity index (χ4n) is 6.44. The molecule has 0 atom stereocenters. The van der Waals surface area contributed by atoms with Gasteiger partial charge in [-0.1, -0.05) is 59.6 Å². The summed E-state index contributed by atoms with van der Waals surface area (Å²) in [7, 11) is 4.09. The first kappa shape index (κ1) is 28.3. The van der Waals surface area contributed by atoms with Crippen LogP contribution in [-0.4, -0.2) is 31.0 Å². The van der Waals surface area contributed by atoms with Crippen LogP contribution in [0.3, 0.4) is 0 Å². The first-order valence-electron chi connectivity index (χ1n) is 14.9. The fourth-order valence-corrected chi connectivity index (χ4v) is 6.44. The van der Waals surface area contributed by atoms with Crippen LogP contribution in [-0.2, 0) is 28.1 Å². The quantitative estimate of drug-likeness (QED) is 0.168. The summed E-state index contributed by atoms with van der Waals surface area (Å²) in [6.45, 7) is 2.03. The molecule has 46 heavy (non-hydrogen) atoms. The molecule has 0 unspecified atom stereocenters. The first-order chi connectivity index (χ1) is 22.1. The Labute approximate surface area is 281 Å². The minimum absolute atomic E-state index is 0. The summed E-state index contributed by atoms with van der Waals surface area (Å²) in [4.78, 5) is 14.0. The van der Waals surface area contributed by atoms with Crippen LogP contribution in [0, 0.1) is 18.8 Å². The van der Waals surface area contributed by atoms with Crippen LogP contribution >= 0.6 is 0 Å². The van der Waals surface area contributed by atoms with E-state index in [2.05, 4.69) is 130 Å². The molecule has 226 valence electrons. The number of pyridine rings is 1. The third-order valence-electron chi connectivity index (χ3n) is 8.69. The predicted octanol–water partition coefficient (Wildman–Crippen LogP) is 8.49. The molecule has 0 aliphatic carbocycles. The van der Waals surface area contributed by atoms with Crippen molar-refractivity contribution < 1.29 is 21.1 Å². The average Bonchev–Trinajstić information content (AvgIpc) is 3.77. The fraction of sp³-hybridized carbons (Fsp3) is 0.0513. The van der Waals surface area contributed by atoms with Crippen molar-refractivity contribution in [3.8, 4) is 28.2 Å². The SMILES string of the molecule is CN1C=CN(c2[c-]c(-n3c4[c-]c(-c5nc6cc(-c7ccc8ccccc8c7)ccc6n5C)ccc4c4cccnc43)ccc2)[CH-]1.[Pt]. The maximum absolute atomic E-state index is 5.14. The van der Waals surface area contributed by atoms with E-state index in [4.69, 9.17) is 9.97 Å². The van der Waals surface area contributed by atoms with Crippen molar-refractivity contribution in [3.63, 3.8) is 0 Å². The number of nitrogens with zero attached hydrogens (tertiary/aromatic N) is 6. The molecule has 0 radical (unpaired) electrons. The van der Waals surface area contributed by atoms with Gasteiger partial charge >= 0.3 is 0 Å². The molecule has 1 aliphatic rings. The molecule has 5 aromatic carbocycles. The average molecular weight is 775 g/mol. The van der Waals surface area contributed by atoms with Crippen LogP contribution < -0.4 is 4.90 Å². The van der Waals surface area contributed by atoms with E-state index in [-0.39, 0.29) is 21.1 Å². The van der Waals surface area contributed by atoms with Crippen LogP contribution in [0.25, 0.3) is 71.9 Å². The van der Waals surface area contributed by atoms with Crippen LogP contribution in [0.4, 0.5) is 5.69 Å². The molecule has 1 aliphatic heterocycles. The van der Waals surface area contributed by atoms with E-state index in [9.17, 15) is 0 Å². The van der Waals surface area contributed by atoms with Gasteiger partial charge in [-0.25, -0.2) is 4.98 Å². The van der Waals surface area contributed by atoms with Crippen molar-refractivity contribution in [2.75, 3.05) is 11.9 Å². The van der Waals surface area contributed by atoms with Gasteiger partial charge in [-0.3, -0.25) is 4.98 Å². The van der Waals surface area contributed by atoms with Gasteiger partial charge in [0.15, 0.2) is 0 Å². The Bertz CT molecular complexity index is 2470. The zero-order valence-corrected chi connectivity index (χ0v) is 27.4. The number of hydrogen-bond acceptors (Lipinski definition) is 4. The van der Waals surface area contributed by atoms with E-state index in [0.717, 1.165) is 61.3 Å². The topological polar surface area (TPSA) is 42.1 Å². The summed E-state index contributed by atoms with van der Waals surface area (Å²) in [6, 6.07) is 43.5. The van der Waals surface area contributed by atoms with E-state index >= 15 is 0 Å². The van der Waals surface area contributed by atoms with Crippen LogP contribution in [0.2, 0.25) is 0 Å². The largest absolute Gasteiger partial charge is 0.510 e. The molecule has 0 saturated heterocycles. The molecule has 6 nitrogen and oxygen atoms in total. The number of anilines is 1. The predicted molar refractivity (Wildman–Crippen MR) is 183 cm³/mol. The number of rotatable bonds is 4. The molecule has 9 rings (SSSR count). The van der Waals surface area contributed by atoms with Gasteiger partial charge in [0.25, 0.3) is 0 Å². The number of aromatic nitrogens is 4. The number of imidazole rings is 1. The minimum atomic E-state index is 0. The van der Waals surface area contributed by atoms with Gasteiger partial charge < -0.3 is 18.9 Å². The van der Waals surface area contributed by atoms with Crippen molar-refractivity contribution in [2.45, 2.75) is 0 Å².